The van der Waals surface area contributed by atoms with Crippen molar-refractivity contribution in [2.24, 2.45) is 0 Å². The fraction of sp³-hybridized carbons (Fsp3) is 0.542. The quantitative estimate of drug-likeness (QED) is 0.446. The number of methoxy groups -OCH3 is 1. The van der Waals surface area contributed by atoms with Crippen molar-refractivity contribution >= 4 is 22.8 Å². The second kappa shape index (κ2) is 9.51. The Morgan fingerprint density at radius 2 is 2.06 bits per heavy atom. The van der Waals surface area contributed by atoms with Crippen LogP contribution in [0.25, 0.3) is 11.2 Å². The van der Waals surface area contributed by atoms with Crippen LogP contribution in [0.1, 0.15) is 29.3 Å². The minimum absolute atomic E-state index is 0.230. The van der Waals surface area contributed by atoms with Crippen molar-refractivity contribution in [1.29, 1.82) is 0 Å². The lowest BCUT2D eigenvalue weighted by Crippen LogP contribution is -2.34. The molecule has 2 N–H and O–H groups in total. The van der Waals surface area contributed by atoms with Crippen LogP contribution in [0.15, 0.2) is 18.3 Å². The van der Waals surface area contributed by atoms with Gasteiger partial charge in [0.1, 0.15) is 30.7 Å². The number of nitrogens with zero attached hydrogens (tertiary/aromatic N) is 3. The number of aliphatic hydroxyl groups excluding tert-OH is 1. The van der Waals surface area contributed by atoms with Gasteiger partial charge in [-0.05, 0) is 37.0 Å². The van der Waals surface area contributed by atoms with E-state index in [0.717, 1.165) is 30.0 Å². The molecule has 6 rings (SSSR count). The van der Waals surface area contributed by atoms with E-state index in [-0.39, 0.29) is 30.8 Å². The highest BCUT2D eigenvalue weighted by Crippen LogP contribution is 2.37. The zero-order chi connectivity index (χ0) is 23.9. The zero-order valence-electron chi connectivity index (χ0n) is 19.3. The number of ether oxygens (including phenoxy) is 5. The second-order valence-electron chi connectivity index (χ2n) is 9.15. The lowest BCUT2D eigenvalue weighted by atomic mass is 10.00. The Morgan fingerprint density at radius 1 is 1.17 bits per heavy atom. The van der Waals surface area contributed by atoms with Crippen LogP contribution in [0.3, 0.4) is 0 Å². The van der Waals surface area contributed by atoms with Gasteiger partial charge >= 0.3 is 0 Å². The maximum absolute atomic E-state index is 9.93. The van der Waals surface area contributed by atoms with Crippen LogP contribution in [0, 0.1) is 0 Å². The van der Waals surface area contributed by atoms with Gasteiger partial charge < -0.3 is 33.8 Å². The molecule has 0 spiro atoms. The number of H-pyrrole nitrogens is 1. The van der Waals surface area contributed by atoms with Crippen molar-refractivity contribution in [1.82, 2.24) is 19.9 Å². The molecule has 3 aliphatic rings. The first-order valence-electron chi connectivity index (χ1n) is 11.8. The van der Waals surface area contributed by atoms with E-state index in [0.29, 0.717) is 48.4 Å². The minimum Gasteiger partial charge on any atom is -0.490 e. The van der Waals surface area contributed by atoms with Crippen LogP contribution in [0.4, 0.5) is 0 Å². The SMILES string of the molecule is COCCOc1cnc2c(c1)CCC2Cc1nc2nc(O[C@@H]3CO[C@H]4[C@@H]3OC[C@H]4O)[nH]c2cc1Cl. The first-order chi connectivity index (χ1) is 17.1. The average molecular weight is 503 g/mol. The minimum atomic E-state index is -0.628. The highest BCUT2D eigenvalue weighted by molar-refractivity contribution is 6.31. The number of aliphatic hydroxyl groups is 1. The third kappa shape index (κ3) is 4.45. The van der Waals surface area contributed by atoms with Crippen LogP contribution in [-0.2, 0) is 27.1 Å². The molecule has 0 amide bonds. The standard InChI is InChI=1S/C24H27ClN4O6/c1-31-4-5-32-14-6-12-2-3-13(20(12)26-9-14)7-16-15(25)8-17-23(27-16)29-24(28-17)35-19-11-34-21-18(30)10-33-22(19)21/h6,8-9,13,18-19,21-22,30H,2-5,7,10-11H2,1H3,(H,27,28,29)/t13?,18-,19-,21-,22-/m1/s1. The summed E-state index contributed by atoms with van der Waals surface area (Å²) in [5, 5.41) is 10.5. The lowest BCUT2D eigenvalue weighted by molar-refractivity contribution is 0.00706. The van der Waals surface area contributed by atoms with Gasteiger partial charge in [0, 0.05) is 18.7 Å². The van der Waals surface area contributed by atoms with E-state index in [1.807, 2.05) is 6.07 Å². The third-order valence-corrected chi connectivity index (χ3v) is 7.17. The normalized spacial score (nSPS) is 27.3. The molecule has 11 heteroatoms. The van der Waals surface area contributed by atoms with E-state index in [9.17, 15) is 5.11 Å². The molecule has 0 saturated carbocycles. The highest BCUT2D eigenvalue weighted by Gasteiger charge is 2.48. The Labute approximate surface area is 206 Å². The Balaban J connectivity index is 1.16. The number of hydrogen-bond acceptors (Lipinski definition) is 9. The molecule has 1 aliphatic carbocycles. The van der Waals surface area contributed by atoms with Crippen molar-refractivity contribution in [3.63, 3.8) is 0 Å². The van der Waals surface area contributed by atoms with E-state index in [4.69, 9.17) is 40.3 Å². The molecule has 3 aromatic heterocycles. The van der Waals surface area contributed by atoms with Gasteiger partial charge in [-0.25, -0.2) is 4.98 Å². The maximum Gasteiger partial charge on any atom is 0.296 e. The van der Waals surface area contributed by atoms with Gasteiger partial charge in [-0.3, -0.25) is 4.98 Å². The highest BCUT2D eigenvalue weighted by atomic mass is 35.5. The molecule has 0 aromatic carbocycles. The van der Waals surface area contributed by atoms with E-state index >= 15 is 0 Å². The van der Waals surface area contributed by atoms with Gasteiger partial charge in [0.05, 0.1) is 42.3 Å². The van der Waals surface area contributed by atoms with E-state index < -0.39 is 6.10 Å². The van der Waals surface area contributed by atoms with Crippen LogP contribution in [0.2, 0.25) is 5.02 Å². The molecular weight excluding hydrogens is 476 g/mol. The average Bonchev–Trinajstić information content (AvgIpc) is 3.61. The topological polar surface area (TPSA) is 121 Å². The Kier molecular flexibility index (Phi) is 6.23. The van der Waals surface area contributed by atoms with Crippen molar-refractivity contribution in [3.8, 4) is 11.8 Å². The number of imidazole rings is 1. The first-order valence-corrected chi connectivity index (χ1v) is 12.2. The number of fused-ring (bicyclic) bond motifs is 3. The zero-order valence-corrected chi connectivity index (χ0v) is 20.0. The van der Waals surface area contributed by atoms with Gasteiger partial charge in [0.2, 0.25) is 0 Å². The largest absolute Gasteiger partial charge is 0.490 e. The number of nitrogens with one attached hydrogen (secondary N) is 1. The van der Waals surface area contributed by atoms with Gasteiger partial charge in [-0.1, -0.05) is 11.6 Å². The Hall–Kier alpha value is -2.50. The van der Waals surface area contributed by atoms with Crippen LogP contribution in [-0.4, -0.2) is 83.0 Å². The van der Waals surface area contributed by atoms with Gasteiger partial charge in [-0.2, -0.15) is 4.98 Å². The molecule has 35 heavy (non-hydrogen) atoms. The summed E-state index contributed by atoms with van der Waals surface area (Å²) in [6.45, 7) is 1.62. The summed E-state index contributed by atoms with van der Waals surface area (Å²) < 4.78 is 28.0. The predicted molar refractivity (Wildman–Crippen MR) is 125 cm³/mol. The van der Waals surface area contributed by atoms with Crippen LogP contribution < -0.4 is 9.47 Å². The molecule has 0 bridgehead atoms. The molecule has 1 unspecified atom stereocenters. The lowest BCUT2D eigenvalue weighted by Gasteiger charge is -2.15. The Bertz CT molecular complexity index is 1220. The van der Waals surface area contributed by atoms with Gasteiger partial charge in [-0.15, -0.1) is 0 Å². The number of aromatic nitrogens is 4. The molecule has 3 aromatic rings. The summed E-state index contributed by atoms with van der Waals surface area (Å²) >= 11 is 6.60. The van der Waals surface area contributed by atoms with Gasteiger partial charge in [0.15, 0.2) is 11.8 Å². The number of hydrogen-bond donors (Lipinski definition) is 2. The monoisotopic (exact) mass is 502 g/mol. The van der Waals surface area contributed by atoms with Crippen molar-refractivity contribution < 1.29 is 28.8 Å². The molecule has 5 atom stereocenters. The first kappa shape index (κ1) is 22.9. The number of aryl methyl sites for hydroxylation is 1. The maximum atomic E-state index is 9.93. The number of aromatic amines is 1. The van der Waals surface area contributed by atoms with E-state index in [1.54, 1.807) is 13.3 Å². The second-order valence-corrected chi connectivity index (χ2v) is 9.55. The van der Waals surface area contributed by atoms with E-state index in [1.165, 1.54) is 5.56 Å². The van der Waals surface area contributed by atoms with Gasteiger partial charge in [0.25, 0.3) is 6.01 Å². The summed E-state index contributed by atoms with van der Waals surface area (Å²) in [7, 11) is 1.65. The van der Waals surface area contributed by atoms with Crippen molar-refractivity contribution in [3.05, 3.63) is 40.3 Å². The number of halogens is 1. The number of pyridine rings is 2. The van der Waals surface area contributed by atoms with Crippen LogP contribution in [0.5, 0.6) is 11.8 Å². The molecule has 10 nitrogen and oxygen atoms in total. The van der Waals surface area contributed by atoms with E-state index in [2.05, 4.69) is 21.0 Å². The predicted octanol–water partition coefficient (Wildman–Crippen LogP) is 2.21. The third-order valence-electron chi connectivity index (χ3n) is 6.84. The summed E-state index contributed by atoms with van der Waals surface area (Å²) in [6.07, 6.45) is 2.71. The fourth-order valence-corrected chi connectivity index (χ4v) is 5.34. The smallest absolute Gasteiger partial charge is 0.296 e. The molecular formula is C24H27ClN4O6. The van der Waals surface area contributed by atoms with Crippen molar-refractivity contribution in [2.45, 2.75) is 49.6 Å². The fourth-order valence-electron chi connectivity index (χ4n) is 5.11. The van der Waals surface area contributed by atoms with Crippen LogP contribution >= 0.6 is 11.6 Å². The molecule has 186 valence electrons. The van der Waals surface area contributed by atoms with Crippen molar-refractivity contribution in [2.75, 3.05) is 33.5 Å². The molecule has 2 aliphatic heterocycles. The number of rotatable bonds is 8. The molecule has 2 saturated heterocycles. The molecule has 0 radical (unpaired) electrons. The summed E-state index contributed by atoms with van der Waals surface area (Å²) in [5.74, 6) is 0.994. The summed E-state index contributed by atoms with van der Waals surface area (Å²) in [4.78, 5) is 17.1. The summed E-state index contributed by atoms with van der Waals surface area (Å²) in [5.41, 5.74) is 4.29. The Morgan fingerprint density at radius 3 is 2.94 bits per heavy atom. The molecule has 2 fully saturated rings. The summed E-state index contributed by atoms with van der Waals surface area (Å²) in [6, 6.07) is 4.23. The molecule has 5 heterocycles.